The summed E-state index contributed by atoms with van der Waals surface area (Å²) >= 11 is 0. The maximum atomic E-state index is 14.2. The van der Waals surface area contributed by atoms with E-state index in [-0.39, 0.29) is 12.1 Å². The Balaban J connectivity index is 1.79. The van der Waals surface area contributed by atoms with Crippen molar-refractivity contribution < 1.29 is 13.9 Å². The van der Waals surface area contributed by atoms with Gasteiger partial charge in [0.2, 0.25) is 0 Å². The maximum Gasteiger partial charge on any atom is 0.265 e. The predicted molar refractivity (Wildman–Crippen MR) is 117 cm³/mol. The molecule has 156 valence electrons. The summed E-state index contributed by atoms with van der Waals surface area (Å²) in [4.78, 5) is 30.6. The Morgan fingerprint density at radius 2 is 1.87 bits per heavy atom. The molecule has 7 heteroatoms. The number of pyridine rings is 2. The van der Waals surface area contributed by atoms with Crippen LogP contribution in [0.2, 0.25) is 0 Å². The molecule has 0 aliphatic heterocycles. The molecule has 0 spiro atoms. The molecule has 2 aromatic heterocycles. The summed E-state index contributed by atoms with van der Waals surface area (Å²) in [7, 11) is 0. The topological polar surface area (TPSA) is 73.2 Å². The van der Waals surface area contributed by atoms with Gasteiger partial charge in [0, 0.05) is 17.1 Å². The highest BCUT2D eigenvalue weighted by Crippen LogP contribution is 2.24. The second-order valence-corrected chi connectivity index (χ2v) is 6.84. The van der Waals surface area contributed by atoms with Crippen LogP contribution in [0.1, 0.15) is 22.8 Å². The summed E-state index contributed by atoms with van der Waals surface area (Å²) in [6, 6.07) is 18.2. The van der Waals surface area contributed by atoms with E-state index < -0.39 is 17.3 Å². The fourth-order valence-electron chi connectivity index (χ4n) is 3.35. The largest absolute Gasteiger partial charge is 0.492 e. The Bertz CT molecular complexity index is 1320. The number of para-hydroxylation sites is 2. The summed E-state index contributed by atoms with van der Waals surface area (Å²) < 4.78 is 21.1. The smallest absolute Gasteiger partial charge is 0.265 e. The molecule has 0 atom stereocenters. The molecule has 4 rings (SSSR count). The number of halogens is 1. The van der Waals surface area contributed by atoms with Crippen molar-refractivity contribution in [1.82, 2.24) is 9.55 Å². The Morgan fingerprint density at radius 1 is 1.10 bits per heavy atom. The molecule has 31 heavy (non-hydrogen) atoms. The minimum Gasteiger partial charge on any atom is -0.492 e. The van der Waals surface area contributed by atoms with E-state index in [2.05, 4.69) is 10.3 Å². The van der Waals surface area contributed by atoms with Crippen LogP contribution >= 0.6 is 0 Å². The normalized spacial score (nSPS) is 10.8. The maximum absolute atomic E-state index is 14.2. The fraction of sp³-hybridized carbons (Fsp3) is 0.125. The van der Waals surface area contributed by atoms with Gasteiger partial charge in [0.1, 0.15) is 22.8 Å². The first-order valence-corrected chi connectivity index (χ1v) is 9.83. The van der Waals surface area contributed by atoms with Gasteiger partial charge in [-0.1, -0.05) is 30.3 Å². The molecule has 2 heterocycles. The van der Waals surface area contributed by atoms with Gasteiger partial charge < -0.3 is 10.1 Å². The van der Waals surface area contributed by atoms with Crippen molar-refractivity contribution in [3.05, 3.63) is 100 Å². The Labute approximate surface area is 177 Å². The minimum atomic E-state index is -0.579. The lowest BCUT2D eigenvalue weighted by Crippen LogP contribution is -2.30. The lowest BCUT2D eigenvalue weighted by molar-refractivity contribution is 0.102. The van der Waals surface area contributed by atoms with Crippen molar-refractivity contribution >= 4 is 22.6 Å². The van der Waals surface area contributed by atoms with Gasteiger partial charge in [-0.3, -0.25) is 14.2 Å². The molecular weight excluding hydrogens is 397 g/mol. The number of anilines is 1. The number of hydrogen-bond acceptors (Lipinski definition) is 4. The highest BCUT2D eigenvalue weighted by molar-refractivity contribution is 6.06. The van der Waals surface area contributed by atoms with Crippen LogP contribution < -0.4 is 15.6 Å². The molecule has 2 aromatic carbocycles. The fourth-order valence-corrected chi connectivity index (χ4v) is 3.35. The number of nitrogens with zero attached hydrogens (tertiary/aromatic N) is 2. The molecule has 0 saturated carbocycles. The standard InChI is InChI=1S/C24H20FN3O3/c1-2-31-21-12-6-5-11-20(21)27-23(29)18-14-16-9-7-13-26-22(16)28(24(18)30)15-17-8-3-4-10-19(17)25/h3-14H,2,15H2,1H3,(H,27,29). The van der Waals surface area contributed by atoms with E-state index in [0.29, 0.717) is 34.6 Å². The number of fused-ring (bicyclic) bond motifs is 1. The van der Waals surface area contributed by atoms with Crippen LogP contribution in [0.4, 0.5) is 10.1 Å². The summed E-state index contributed by atoms with van der Waals surface area (Å²) in [5.74, 6) is -0.503. The molecule has 0 aliphatic carbocycles. The van der Waals surface area contributed by atoms with Crippen LogP contribution in [-0.4, -0.2) is 22.1 Å². The van der Waals surface area contributed by atoms with Crippen molar-refractivity contribution in [3.63, 3.8) is 0 Å². The minimum absolute atomic E-state index is 0.0460. The first-order chi connectivity index (χ1) is 15.1. The third-order valence-corrected chi connectivity index (χ3v) is 4.81. The molecule has 0 bridgehead atoms. The first kappa shape index (κ1) is 20.3. The number of carbonyl (C=O) groups is 1. The molecule has 0 aliphatic rings. The predicted octanol–water partition coefficient (Wildman–Crippen LogP) is 4.23. The van der Waals surface area contributed by atoms with Crippen molar-refractivity contribution in [2.45, 2.75) is 13.5 Å². The van der Waals surface area contributed by atoms with Gasteiger partial charge in [0.15, 0.2) is 0 Å². The van der Waals surface area contributed by atoms with E-state index in [1.165, 1.54) is 16.7 Å². The summed E-state index contributed by atoms with van der Waals surface area (Å²) in [5, 5.41) is 3.35. The summed E-state index contributed by atoms with van der Waals surface area (Å²) in [6.07, 6.45) is 1.55. The Morgan fingerprint density at radius 3 is 2.68 bits per heavy atom. The summed E-state index contributed by atoms with van der Waals surface area (Å²) in [5.41, 5.74) is 0.544. The van der Waals surface area contributed by atoms with Crippen molar-refractivity contribution in [2.75, 3.05) is 11.9 Å². The van der Waals surface area contributed by atoms with Crippen molar-refractivity contribution in [2.24, 2.45) is 0 Å². The second kappa shape index (κ2) is 8.79. The van der Waals surface area contributed by atoms with E-state index in [1.54, 1.807) is 60.8 Å². The van der Waals surface area contributed by atoms with Crippen LogP contribution in [-0.2, 0) is 6.54 Å². The number of carbonyl (C=O) groups excluding carboxylic acids is 1. The Hall–Kier alpha value is -4.00. The van der Waals surface area contributed by atoms with Crippen molar-refractivity contribution in [3.8, 4) is 5.75 Å². The van der Waals surface area contributed by atoms with Gasteiger partial charge in [-0.2, -0.15) is 0 Å². The Kier molecular flexibility index (Phi) is 5.75. The highest BCUT2D eigenvalue weighted by atomic mass is 19.1. The van der Waals surface area contributed by atoms with Crippen LogP contribution in [0.25, 0.3) is 11.0 Å². The van der Waals surface area contributed by atoms with Crippen LogP contribution in [0.3, 0.4) is 0 Å². The number of nitrogens with one attached hydrogen (secondary N) is 1. The molecule has 0 fully saturated rings. The molecule has 1 amide bonds. The zero-order chi connectivity index (χ0) is 21.8. The second-order valence-electron chi connectivity index (χ2n) is 6.84. The van der Waals surface area contributed by atoms with E-state index in [9.17, 15) is 14.0 Å². The lowest BCUT2D eigenvalue weighted by Gasteiger charge is -2.14. The molecule has 0 radical (unpaired) electrons. The number of benzene rings is 2. The zero-order valence-electron chi connectivity index (χ0n) is 16.8. The van der Waals surface area contributed by atoms with Crippen LogP contribution in [0, 0.1) is 5.82 Å². The molecule has 1 N–H and O–H groups in total. The lowest BCUT2D eigenvalue weighted by atomic mass is 10.1. The molecule has 0 unspecified atom stereocenters. The SMILES string of the molecule is CCOc1ccccc1NC(=O)c1cc2cccnc2n(Cc2ccccc2F)c1=O. The van der Waals surface area contributed by atoms with Gasteiger partial charge in [0.25, 0.3) is 11.5 Å². The quantitative estimate of drug-likeness (QED) is 0.509. The summed E-state index contributed by atoms with van der Waals surface area (Å²) in [6.45, 7) is 2.23. The molecular formula is C24H20FN3O3. The monoisotopic (exact) mass is 417 g/mol. The third kappa shape index (κ3) is 4.16. The average Bonchev–Trinajstić information content (AvgIpc) is 2.78. The van der Waals surface area contributed by atoms with Crippen LogP contribution in [0.5, 0.6) is 5.75 Å². The number of rotatable bonds is 6. The zero-order valence-corrected chi connectivity index (χ0v) is 16.8. The van der Waals surface area contributed by atoms with Gasteiger partial charge in [-0.15, -0.1) is 0 Å². The highest BCUT2D eigenvalue weighted by Gasteiger charge is 2.18. The van der Waals surface area contributed by atoms with E-state index >= 15 is 0 Å². The average molecular weight is 417 g/mol. The molecule has 4 aromatic rings. The van der Waals surface area contributed by atoms with Gasteiger partial charge >= 0.3 is 0 Å². The number of ether oxygens (including phenoxy) is 1. The van der Waals surface area contributed by atoms with Gasteiger partial charge in [0.05, 0.1) is 18.8 Å². The number of aromatic nitrogens is 2. The molecule has 0 saturated heterocycles. The third-order valence-electron chi connectivity index (χ3n) is 4.81. The van der Waals surface area contributed by atoms with Gasteiger partial charge in [-0.05, 0) is 43.3 Å². The molecule has 6 nitrogen and oxygen atoms in total. The van der Waals surface area contributed by atoms with Crippen LogP contribution in [0.15, 0.2) is 77.7 Å². The first-order valence-electron chi connectivity index (χ1n) is 9.83. The van der Waals surface area contributed by atoms with E-state index in [1.807, 2.05) is 6.92 Å². The number of hydrogen-bond donors (Lipinski definition) is 1. The van der Waals surface area contributed by atoms with E-state index in [4.69, 9.17) is 4.74 Å². The van der Waals surface area contributed by atoms with E-state index in [0.717, 1.165) is 0 Å². The van der Waals surface area contributed by atoms with Crippen molar-refractivity contribution in [1.29, 1.82) is 0 Å². The van der Waals surface area contributed by atoms with Gasteiger partial charge in [-0.25, -0.2) is 9.37 Å². The number of amides is 1.